The van der Waals surface area contributed by atoms with Gasteiger partial charge in [-0.15, -0.1) is 0 Å². The Morgan fingerprint density at radius 2 is 2.19 bits per heavy atom. The van der Waals surface area contributed by atoms with Crippen molar-refractivity contribution in [2.45, 2.75) is 6.54 Å². The van der Waals surface area contributed by atoms with Gasteiger partial charge in [0.1, 0.15) is 0 Å². The van der Waals surface area contributed by atoms with Gasteiger partial charge in [-0.05, 0) is 13.1 Å². The third kappa shape index (κ3) is 2.59. The van der Waals surface area contributed by atoms with Gasteiger partial charge in [0.25, 0.3) is 0 Å². The number of aromatic carboxylic acids is 1. The Hall–Kier alpha value is -1.40. The van der Waals surface area contributed by atoms with E-state index in [1.54, 1.807) is 6.07 Å². The van der Waals surface area contributed by atoms with E-state index >= 15 is 0 Å². The van der Waals surface area contributed by atoms with E-state index in [0.29, 0.717) is 0 Å². The van der Waals surface area contributed by atoms with Crippen LogP contribution in [0.5, 0.6) is 0 Å². The highest BCUT2D eigenvalue weighted by molar-refractivity contribution is 5.85. The van der Waals surface area contributed by atoms with Gasteiger partial charge >= 0.3 is 5.97 Å². The minimum atomic E-state index is -0.985. The number of carboxylic acids is 1. The van der Waals surface area contributed by atoms with Gasteiger partial charge in [0, 0.05) is 32.7 Å². The van der Waals surface area contributed by atoms with Gasteiger partial charge in [-0.25, -0.2) is 4.79 Å². The summed E-state index contributed by atoms with van der Waals surface area (Å²) in [5.74, 6) is -0.985. The molecule has 0 atom stereocenters. The normalized spacial score (nSPS) is 18.8. The summed E-state index contributed by atoms with van der Waals surface area (Å²) in [5.41, 5.74) is 0.950. The van der Waals surface area contributed by atoms with Crippen LogP contribution in [0.25, 0.3) is 0 Å². The number of nitrogens with zero attached hydrogens (tertiary/aromatic N) is 3. The van der Waals surface area contributed by atoms with Crippen molar-refractivity contribution in [2.24, 2.45) is 0 Å². The van der Waals surface area contributed by atoms with Crippen LogP contribution in [0.15, 0.2) is 6.07 Å². The van der Waals surface area contributed by atoms with Crippen LogP contribution in [0, 0.1) is 0 Å². The molecule has 0 spiro atoms. The number of H-pyrrole nitrogens is 1. The zero-order chi connectivity index (χ0) is 11.5. The summed E-state index contributed by atoms with van der Waals surface area (Å²) < 4.78 is 0. The molecule has 0 saturated carbocycles. The molecule has 1 aliphatic rings. The summed E-state index contributed by atoms with van der Waals surface area (Å²) in [6, 6.07) is 1.60. The van der Waals surface area contributed by atoms with Crippen LogP contribution < -0.4 is 0 Å². The van der Waals surface area contributed by atoms with E-state index in [4.69, 9.17) is 5.11 Å². The maximum atomic E-state index is 10.6. The molecule has 0 amide bonds. The van der Waals surface area contributed by atoms with Gasteiger partial charge in [-0.2, -0.15) is 5.10 Å². The van der Waals surface area contributed by atoms with Crippen molar-refractivity contribution >= 4 is 5.97 Å². The minimum Gasteiger partial charge on any atom is -0.476 e. The lowest BCUT2D eigenvalue weighted by Gasteiger charge is -2.31. The molecule has 1 saturated heterocycles. The number of piperazine rings is 1. The molecule has 0 unspecified atom stereocenters. The first kappa shape index (κ1) is 11.1. The van der Waals surface area contributed by atoms with Gasteiger partial charge < -0.3 is 10.0 Å². The predicted molar refractivity (Wildman–Crippen MR) is 58.3 cm³/mol. The standard InChI is InChI=1S/C10H16N4O2/c1-13-2-4-14(5-3-13)7-8-6-9(10(15)16)12-11-8/h6H,2-5,7H2,1H3,(H,11,12)(H,15,16). The number of aromatic amines is 1. The molecule has 0 aliphatic carbocycles. The van der Waals surface area contributed by atoms with Crippen LogP contribution in [-0.4, -0.2) is 64.3 Å². The molecular weight excluding hydrogens is 208 g/mol. The lowest BCUT2D eigenvalue weighted by molar-refractivity contribution is 0.0690. The molecule has 2 N–H and O–H groups in total. The molecule has 0 bridgehead atoms. The average Bonchev–Trinajstić information content (AvgIpc) is 2.70. The zero-order valence-corrected chi connectivity index (χ0v) is 9.31. The van der Waals surface area contributed by atoms with E-state index in [1.165, 1.54) is 0 Å². The van der Waals surface area contributed by atoms with Crippen molar-refractivity contribution in [3.63, 3.8) is 0 Å². The summed E-state index contributed by atoms with van der Waals surface area (Å²) >= 11 is 0. The molecular formula is C10H16N4O2. The highest BCUT2D eigenvalue weighted by Crippen LogP contribution is 2.06. The fourth-order valence-electron chi connectivity index (χ4n) is 1.80. The summed E-state index contributed by atoms with van der Waals surface area (Å²) in [7, 11) is 2.11. The quantitative estimate of drug-likeness (QED) is 0.747. The van der Waals surface area contributed by atoms with Crippen molar-refractivity contribution in [1.29, 1.82) is 0 Å². The number of hydrogen-bond acceptors (Lipinski definition) is 4. The molecule has 6 heteroatoms. The molecule has 16 heavy (non-hydrogen) atoms. The van der Waals surface area contributed by atoms with Gasteiger partial charge in [-0.3, -0.25) is 10.00 Å². The van der Waals surface area contributed by atoms with Crippen LogP contribution in [0.4, 0.5) is 0 Å². The Bertz CT molecular complexity index is 369. The Labute approximate surface area is 93.9 Å². The summed E-state index contributed by atoms with van der Waals surface area (Å²) in [6.07, 6.45) is 0. The topological polar surface area (TPSA) is 72.5 Å². The molecule has 0 aromatic carbocycles. The SMILES string of the molecule is CN1CCN(Cc2cc(C(=O)O)n[nH]2)CC1. The van der Waals surface area contributed by atoms with E-state index < -0.39 is 5.97 Å². The van der Waals surface area contributed by atoms with Gasteiger partial charge in [0.2, 0.25) is 0 Å². The summed E-state index contributed by atoms with van der Waals surface area (Å²) in [6.45, 7) is 4.88. The number of carbonyl (C=O) groups is 1. The van der Waals surface area contributed by atoms with E-state index in [-0.39, 0.29) is 5.69 Å². The molecule has 2 heterocycles. The van der Waals surface area contributed by atoms with Gasteiger partial charge in [0.05, 0.1) is 5.69 Å². The lowest BCUT2D eigenvalue weighted by atomic mass is 10.3. The van der Waals surface area contributed by atoms with Gasteiger partial charge in [-0.1, -0.05) is 0 Å². The van der Waals surface area contributed by atoms with Crippen molar-refractivity contribution < 1.29 is 9.90 Å². The maximum Gasteiger partial charge on any atom is 0.356 e. The fraction of sp³-hybridized carbons (Fsp3) is 0.600. The number of nitrogens with one attached hydrogen (secondary N) is 1. The molecule has 6 nitrogen and oxygen atoms in total. The van der Waals surface area contributed by atoms with Crippen molar-refractivity contribution in [2.75, 3.05) is 33.2 Å². The molecule has 1 aromatic heterocycles. The van der Waals surface area contributed by atoms with E-state index in [9.17, 15) is 4.79 Å². The number of aromatic nitrogens is 2. The molecule has 1 aliphatic heterocycles. The molecule has 88 valence electrons. The number of likely N-dealkylation sites (N-methyl/N-ethyl adjacent to an activating group) is 1. The van der Waals surface area contributed by atoms with Crippen LogP contribution in [0.1, 0.15) is 16.2 Å². The second-order valence-electron chi connectivity index (χ2n) is 4.16. The first-order valence-electron chi connectivity index (χ1n) is 5.33. The highest BCUT2D eigenvalue weighted by Gasteiger charge is 2.15. The van der Waals surface area contributed by atoms with Crippen LogP contribution >= 0.6 is 0 Å². The number of hydrogen-bond donors (Lipinski definition) is 2. The molecule has 2 rings (SSSR count). The van der Waals surface area contributed by atoms with Crippen LogP contribution in [0.2, 0.25) is 0 Å². The largest absolute Gasteiger partial charge is 0.476 e. The van der Waals surface area contributed by atoms with Crippen molar-refractivity contribution in [3.8, 4) is 0 Å². The maximum absolute atomic E-state index is 10.6. The van der Waals surface area contributed by atoms with E-state index in [2.05, 4.69) is 27.0 Å². The second-order valence-corrected chi connectivity index (χ2v) is 4.16. The number of carboxylic acid groups (broad SMARTS) is 1. The molecule has 1 aromatic rings. The average molecular weight is 224 g/mol. The Kier molecular flexibility index (Phi) is 3.21. The van der Waals surface area contributed by atoms with Crippen molar-refractivity contribution in [3.05, 3.63) is 17.5 Å². The lowest BCUT2D eigenvalue weighted by Crippen LogP contribution is -2.43. The smallest absolute Gasteiger partial charge is 0.356 e. The molecule has 0 radical (unpaired) electrons. The highest BCUT2D eigenvalue weighted by atomic mass is 16.4. The Balaban J connectivity index is 1.91. The summed E-state index contributed by atoms with van der Waals surface area (Å²) in [5, 5.41) is 15.2. The first-order valence-corrected chi connectivity index (χ1v) is 5.33. The van der Waals surface area contributed by atoms with E-state index in [1.807, 2.05) is 0 Å². The molecule has 1 fully saturated rings. The monoisotopic (exact) mass is 224 g/mol. The number of rotatable bonds is 3. The summed E-state index contributed by atoms with van der Waals surface area (Å²) in [4.78, 5) is 15.2. The Morgan fingerprint density at radius 1 is 1.50 bits per heavy atom. The fourth-order valence-corrected chi connectivity index (χ4v) is 1.80. The third-order valence-corrected chi connectivity index (χ3v) is 2.84. The zero-order valence-electron chi connectivity index (χ0n) is 9.31. The minimum absolute atomic E-state index is 0.0872. The Morgan fingerprint density at radius 3 is 2.75 bits per heavy atom. The van der Waals surface area contributed by atoms with E-state index in [0.717, 1.165) is 38.4 Å². The first-order chi connectivity index (χ1) is 7.65. The van der Waals surface area contributed by atoms with Crippen LogP contribution in [-0.2, 0) is 6.54 Å². The second kappa shape index (κ2) is 4.63. The van der Waals surface area contributed by atoms with Crippen molar-refractivity contribution in [1.82, 2.24) is 20.0 Å². The predicted octanol–water partition coefficient (Wildman–Crippen LogP) is -0.145. The third-order valence-electron chi connectivity index (χ3n) is 2.84. The van der Waals surface area contributed by atoms with Gasteiger partial charge in [0.15, 0.2) is 5.69 Å². The van der Waals surface area contributed by atoms with Crippen LogP contribution in [0.3, 0.4) is 0 Å².